The van der Waals surface area contributed by atoms with Crippen molar-refractivity contribution in [2.45, 2.75) is 13.8 Å². The SMILES string of the molecule is COc1cc(-c2noc(-c3sc4nc(C)cc(C)c4c3N)n2)c(OC)c2c1OCO2. The minimum Gasteiger partial charge on any atom is -0.493 e. The third kappa shape index (κ3) is 2.64. The molecule has 0 aliphatic carbocycles. The lowest BCUT2D eigenvalue weighted by atomic mass is 10.1. The first-order valence-electron chi connectivity index (χ1n) is 9.07. The summed E-state index contributed by atoms with van der Waals surface area (Å²) >= 11 is 1.42. The quantitative estimate of drug-likeness (QED) is 0.518. The van der Waals surface area contributed by atoms with Crippen molar-refractivity contribution in [3.63, 3.8) is 0 Å². The average Bonchev–Trinajstić information content (AvgIpc) is 3.45. The monoisotopic (exact) mass is 426 g/mol. The van der Waals surface area contributed by atoms with Gasteiger partial charge in [-0.25, -0.2) is 4.98 Å². The standard InChI is InChI=1S/C20H18N4O5S/c1-8-5-9(2)22-20-12(8)13(21)17(30-20)19-23-18(24-29-19)10-6-11(25-3)15-16(14(10)26-4)28-7-27-15/h5-6H,7,21H2,1-4H3. The van der Waals surface area contributed by atoms with Crippen molar-refractivity contribution in [1.29, 1.82) is 0 Å². The molecule has 0 radical (unpaired) electrons. The van der Waals surface area contributed by atoms with Gasteiger partial charge in [0, 0.05) is 11.1 Å². The van der Waals surface area contributed by atoms with E-state index in [1.165, 1.54) is 18.4 Å². The highest BCUT2D eigenvalue weighted by Gasteiger charge is 2.30. The maximum Gasteiger partial charge on any atom is 0.270 e. The zero-order valence-corrected chi connectivity index (χ0v) is 17.5. The van der Waals surface area contributed by atoms with Gasteiger partial charge in [-0.2, -0.15) is 4.98 Å². The molecular weight excluding hydrogens is 408 g/mol. The summed E-state index contributed by atoms with van der Waals surface area (Å²) in [4.78, 5) is 10.7. The van der Waals surface area contributed by atoms with Crippen molar-refractivity contribution in [3.8, 4) is 45.2 Å². The molecule has 5 rings (SSSR count). The van der Waals surface area contributed by atoms with Gasteiger partial charge < -0.3 is 29.2 Å². The number of rotatable bonds is 4. The molecule has 1 aliphatic heterocycles. The predicted molar refractivity (Wildman–Crippen MR) is 111 cm³/mol. The van der Waals surface area contributed by atoms with E-state index in [1.807, 2.05) is 19.9 Å². The summed E-state index contributed by atoms with van der Waals surface area (Å²) in [6.45, 7) is 4.03. The Labute approximate surface area is 175 Å². The number of fused-ring (bicyclic) bond motifs is 2. The summed E-state index contributed by atoms with van der Waals surface area (Å²) < 4.78 is 27.6. The molecule has 0 bridgehead atoms. The number of anilines is 1. The van der Waals surface area contributed by atoms with Crippen LogP contribution < -0.4 is 24.7 Å². The van der Waals surface area contributed by atoms with E-state index in [0.29, 0.717) is 50.8 Å². The van der Waals surface area contributed by atoms with Crippen LogP contribution in [0.25, 0.3) is 32.4 Å². The number of benzene rings is 1. The molecule has 154 valence electrons. The van der Waals surface area contributed by atoms with Gasteiger partial charge in [-0.15, -0.1) is 11.3 Å². The lowest BCUT2D eigenvalue weighted by Crippen LogP contribution is -1.95. The number of nitrogens with two attached hydrogens (primary N) is 1. The predicted octanol–water partition coefficient (Wildman–Crippen LogP) is 3.96. The van der Waals surface area contributed by atoms with Crippen molar-refractivity contribution in [2.24, 2.45) is 0 Å². The van der Waals surface area contributed by atoms with Crippen LogP contribution >= 0.6 is 11.3 Å². The highest BCUT2D eigenvalue weighted by molar-refractivity contribution is 7.22. The average molecular weight is 426 g/mol. The molecule has 0 saturated heterocycles. The lowest BCUT2D eigenvalue weighted by molar-refractivity contribution is 0.168. The Morgan fingerprint density at radius 2 is 1.87 bits per heavy atom. The molecule has 0 fully saturated rings. The number of pyridine rings is 1. The number of aromatic nitrogens is 3. The van der Waals surface area contributed by atoms with Crippen molar-refractivity contribution in [3.05, 3.63) is 23.4 Å². The zero-order chi connectivity index (χ0) is 21.0. The van der Waals surface area contributed by atoms with Gasteiger partial charge in [0.1, 0.15) is 9.71 Å². The molecule has 4 heterocycles. The molecule has 3 aromatic heterocycles. The number of nitrogen functional groups attached to an aromatic ring is 1. The first kappa shape index (κ1) is 18.5. The van der Waals surface area contributed by atoms with Gasteiger partial charge in [0.2, 0.25) is 24.1 Å². The smallest absolute Gasteiger partial charge is 0.270 e. The largest absolute Gasteiger partial charge is 0.493 e. The Bertz CT molecular complexity index is 1300. The number of hydrogen-bond acceptors (Lipinski definition) is 10. The minimum absolute atomic E-state index is 0.0765. The number of hydrogen-bond donors (Lipinski definition) is 1. The summed E-state index contributed by atoms with van der Waals surface area (Å²) in [6.07, 6.45) is 0. The van der Waals surface area contributed by atoms with Gasteiger partial charge in [-0.05, 0) is 31.5 Å². The zero-order valence-electron chi connectivity index (χ0n) is 16.7. The van der Waals surface area contributed by atoms with Crippen LogP contribution in [-0.4, -0.2) is 36.1 Å². The lowest BCUT2D eigenvalue weighted by Gasteiger charge is -2.11. The topological polar surface area (TPSA) is 115 Å². The first-order chi connectivity index (χ1) is 14.5. The molecule has 0 amide bonds. The Balaban J connectivity index is 1.65. The third-order valence-corrected chi connectivity index (χ3v) is 5.96. The van der Waals surface area contributed by atoms with Gasteiger partial charge in [0.25, 0.3) is 5.89 Å². The fourth-order valence-electron chi connectivity index (χ4n) is 3.59. The molecular formula is C20H18N4O5S. The molecule has 4 aromatic rings. The van der Waals surface area contributed by atoms with E-state index in [0.717, 1.165) is 21.5 Å². The molecule has 0 saturated carbocycles. The van der Waals surface area contributed by atoms with Gasteiger partial charge >= 0.3 is 0 Å². The number of aryl methyl sites for hydroxylation is 2. The van der Waals surface area contributed by atoms with Gasteiger partial charge in [-0.3, -0.25) is 0 Å². The maximum absolute atomic E-state index is 6.41. The van der Waals surface area contributed by atoms with Crippen LogP contribution in [0, 0.1) is 13.8 Å². The van der Waals surface area contributed by atoms with Crippen LogP contribution in [0.15, 0.2) is 16.7 Å². The highest BCUT2D eigenvalue weighted by Crippen LogP contribution is 2.52. The fourth-order valence-corrected chi connectivity index (χ4v) is 4.73. The van der Waals surface area contributed by atoms with E-state index in [1.54, 1.807) is 13.2 Å². The second kappa shape index (κ2) is 6.77. The van der Waals surface area contributed by atoms with Crippen LogP contribution in [0.2, 0.25) is 0 Å². The van der Waals surface area contributed by atoms with Crippen LogP contribution in [-0.2, 0) is 0 Å². The molecule has 0 spiro atoms. The summed E-state index contributed by atoms with van der Waals surface area (Å²) in [6, 6.07) is 3.72. The molecule has 30 heavy (non-hydrogen) atoms. The van der Waals surface area contributed by atoms with Crippen molar-refractivity contribution in [1.82, 2.24) is 15.1 Å². The fraction of sp³-hybridized carbons (Fsp3) is 0.250. The Hall–Kier alpha value is -3.53. The van der Waals surface area contributed by atoms with Crippen molar-refractivity contribution < 1.29 is 23.5 Å². The second-order valence-electron chi connectivity index (χ2n) is 6.75. The van der Waals surface area contributed by atoms with E-state index in [9.17, 15) is 0 Å². The van der Waals surface area contributed by atoms with E-state index < -0.39 is 0 Å². The Morgan fingerprint density at radius 1 is 1.07 bits per heavy atom. The summed E-state index contributed by atoms with van der Waals surface area (Å²) in [5, 5.41) is 5.04. The van der Waals surface area contributed by atoms with Crippen LogP contribution in [0.3, 0.4) is 0 Å². The summed E-state index contributed by atoms with van der Waals surface area (Å²) in [5.41, 5.74) is 9.52. The van der Waals surface area contributed by atoms with Crippen molar-refractivity contribution in [2.75, 3.05) is 26.7 Å². The van der Waals surface area contributed by atoms with Crippen molar-refractivity contribution >= 4 is 27.2 Å². The molecule has 0 unspecified atom stereocenters. The Morgan fingerprint density at radius 3 is 2.63 bits per heavy atom. The van der Waals surface area contributed by atoms with E-state index in [2.05, 4.69) is 15.1 Å². The van der Waals surface area contributed by atoms with E-state index >= 15 is 0 Å². The number of thiophene rings is 1. The van der Waals surface area contributed by atoms with Crippen LogP contribution in [0.1, 0.15) is 11.3 Å². The maximum atomic E-state index is 6.41. The van der Waals surface area contributed by atoms with Gasteiger partial charge in [-0.1, -0.05) is 5.16 Å². The normalized spacial score (nSPS) is 12.5. The minimum atomic E-state index is 0.0765. The molecule has 9 nitrogen and oxygen atoms in total. The van der Waals surface area contributed by atoms with Crippen LogP contribution in [0.4, 0.5) is 5.69 Å². The molecule has 2 N–H and O–H groups in total. The Kier molecular flexibility index (Phi) is 4.17. The second-order valence-corrected chi connectivity index (χ2v) is 7.75. The third-order valence-electron chi connectivity index (χ3n) is 4.87. The highest BCUT2D eigenvalue weighted by atomic mass is 32.1. The van der Waals surface area contributed by atoms with Gasteiger partial charge in [0.15, 0.2) is 11.5 Å². The molecule has 1 aliphatic rings. The van der Waals surface area contributed by atoms with Crippen LogP contribution in [0.5, 0.6) is 23.0 Å². The molecule has 1 aromatic carbocycles. The summed E-state index contributed by atoms with van der Waals surface area (Å²) in [7, 11) is 3.08. The summed E-state index contributed by atoms with van der Waals surface area (Å²) in [5.74, 6) is 2.47. The number of methoxy groups -OCH3 is 2. The molecule has 0 atom stereocenters. The molecule has 10 heteroatoms. The van der Waals surface area contributed by atoms with Gasteiger partial charge in [0.05, 0.1) is 25.5 Å². The number of nitrogens with zero attached hydrogens (tertiary/aromatic N) is 3. The van der Waals surface area contributed by atoms with E-state index in [-0.39, 0.29) is 6.79 Å². The van der Waals surface area contributed by atoms with E-state index in [4.69, 9.17) is 29.2 Å². The first-order valence-corrected chi connectivity index (χ1v) is 9.88. The number of ether oxygens (including phenoxy) is 4.